The molecule has 2 aliphatic heterocycles. The second-order valence-electron chi connectivity index (χ2n) is 5.14. The predicted octanol–water partition coefficient (Wildman–Crippen LogP) is -0.813. The predicted molar refractivity (Wildman–Crippen MR) is 69.6 cm³/mol. The molecule has 0 amide bonds. The van der Waals surface area contributed by atoms with Crippen LogP contribution in [-0.4, -0.2) is 64.1 Å². The van der Waals surface area contributed by atoms with Crippen LogP contribution in [0.2, 0.25) is 0 Å². The first-order chi connectivity index (χ1) is 8.30. The van der Waals surface area contributed by atoms with Crippen molar-refractivity contribution in [1.29, 1.82) is 0 Å². The Morgan fingerprint density at radius 2 is 2.06 bits per heavy atom. The zero-order chi connectivity index (χ0) is 13.4. The van der Waals surface area contributed by atoms with E-state index in [4.69, 9.17) is 0 Å². The fourth-order valence-electron chi connectivity index (χ4n) is 2.56. The van der Waals surface area contributed by atoms with Gasteiger partial charge in [0.05, 0.1) is 17.3 Å². The summed E-state index contributed by atoms with van der Waals surface area (Å²) in [6, 6.07) is -0.378. The molecule has 6 nitrogen and oxygen atoms in total. The molecule has 0 aliphatic carbocycles. The highest BCUT2D eigenvalue weighted by Crippen LogP contribution is 2.20. The van der Waals surface area contributed by atoms with Crippen molar-refractivity contribution < 1.29 is 16.8 Å². The molecule has 0 aromatic rings. The minimum Gasteiger partial charge on any atom is -0.313 e. The highest BCUT2D eigenvalue weighted by atomic mass is 32.2. The van der Waals surface area contributed by atoms with Crippen molar-refractivity contribution in [2.24, 2.45) is 0 Å². The second-order valence-corrected chi connectivity index (χ2v) is 9.45. The van der Waals surface area contributed by atoms with Gasteiger partial charge in [0.15, 0.2) is 9.84 Å². The van der Waals surface area contributed by atoms with E-state index in [9.17, 15) is 16.8 Å². The van der Waals surface area contributed by atoms with Gasteiger partial charge >= 0.3 is 0 Å². The number of hydrogen-bond acceptors (Lipinski definition) is 5. The minimum absolute atomic E-state index is 0.00969. The summed E-state index contributed by atoms with van der Waals surface area (Å²) in [6.07, 6.45) is 2.29. The third-order valence-electron chi connectivity index (χ3n) is 3.74. The lowest BCUT2D eigenvalue weighted by Crippen LogP contribution is -2.43. The maximum absolute atomic E-state index is 12.2. The smallest absolute Gasteiger partial charge is 0.215 e. The molecule has 18 heavy (non-hydrogen) atoms. The number of hydrogen-bond donors (Lipinski definition) is 1. The van der Waals surface area contributed by atoms with E-state index in [0.29, 0.717) is 6.42 Å². The van der Waals surface area contributed by atoms with Crippen LogP contribution in [0.1, 0.15) is 19.3 Å². The standard InChI is InChI=1S/C10H20N2O4S2/c1-12(10-4-6-17(13,14)8-10)18(15,16)7-9-3-2-5-11-9/h9-11H,2-8H2,1H3. The third-order valence-corrected chi connectivity index (χ3v) is 7.49. The van der Waals surface area contributed by atoms with Crippen LogP contribution in [0, 0.1) is 0 Å². The summed E-state index contributed by atoms with van der Waals surface area (Å²) in [5.41, 5.74) is 0. The summed E-state index contributed by atoms with van der Waals surface area (Å²) >= 11 is 0. The second kappa shape index (κ2) is 5.07. The Morgan fingerprint density at radius 3 is 2.56 bits per heavy atom. The highest BCUT2D eigenvalue weighted by Gasteiger charge is 2.36. The zero-order valence-corrected chi connectivity index (χ0v) is 12.1. The number of sulfone groups is 1. The summed E-state index contributed by atoms with van der Waals surface area (Å²) in [4.78, 5) is 0. The van der Waals surface area contributed by atoms with E-state index in [-0.39, 0.29) is 29.3 Å². The maximum atomic E-state index is 12.2. The van der Waals surface area contributed by atoms with Crippen LogP contribution >= 0.6 is 0 Å². The SMILES string of the molecule is CN(C1CCS(=O)(=O)C1)S(=O)(=O)CC1CCCN1. The Bertz CT molecular complexity index is 494. The lowest BCUT2D eigenvalue weighted by atomic mass is 10.3. The molecule has 106 valence electrons. The van der Waals surface area contributed by atoms with Crippen LogP contribution in [-0.2, 0) is 19.9 Å². The minimum atomic E-state index is -3.37. The molecule has 2 rings (SSSR count). The van der Waals surface area contributed by atoms with Crippen LogP contribution < -0.4 is 5.32 Å². The van der Waals surface area contributed by atoms with Crippen molar-refractivity contribution >= 4 is 19.9 Å². The Morgan fingerprint density at radius 1 is 1.33 bits per heavy atom. The van der Waals surface area contributed by atoms with E-state index < -0.39 is 19.9 Å². The first-order valence-corrected chi connectivity index (χ1v) is 9.63. The Hall–Kier alpha value is -0.180. The molecule has 2 saturated heterocycles. The summed E-state index contributed by atoms with van der Waals surface area (Å²) < 4.78 is 48.4. The molecule has 2 heterocycles. The summed E-state index contributed by atoms with van der Waals surface area (Å²) in [5, 5.41) is 3.15. The molecule has 1 N–H and O–H groups in total. The van der Waals surface area contributed by atoms with Gasteiger partial charge in [-0.05, 0) is 25.8 Å². The lowest BCUT2D eigenvalue weighted by molar-refractivity contribution is 0.390. The average molecular weight is 296 g/mol. The van der Waals surface area contributed by atoms with Crippen molar-refractivity contribution in [2.45, 2.75) is 31.3 Å². The summed E-state index contributed by atoms with van der Waals surface area (Å²) in [7, 11) is -4.92. The van der Waals surface area contributed by atoms with Gasteiger partial charge in [-0.2, -0.15) is 0 Å². The molecule has 0 bridgehead atoms. The highest BCUT2D eigenvalue weighted by molar-refractivity contribution is 7.92. The van der Waals surface area contributed by atoms with E-state index in [1.807, 2.05) is 0 Å². The Balaban J connectivity index is 2.01. The number of sulfonamides is 1. The molecular weight excluding hydrogens is 276 g/mol. The van der Waals surface area contributed by atoms with Gasteiger partial charge in [0.2, 0.25) is 10.0 Å². The van der Waals surface area contributed by atoms with E-state index in [1.54, 1.807) is 0 Å². The van der Waals surface area contributed by atoms with Crippen molar-refractivity contribution in [3.05, 3.63) is 0 Å². The number of nitrogens with one attached hydrogen (secondary N) is 1. The molecule has 0 aromatic carbocycles. The van der Waals surface area contributed by atoms with E-state index in [2.05, 4.69) is 5.32 Å². The number of nitrogens with zero attached hydrogens (tertiary/aromatic N) is 1. The van der Waals surface area contributed by atoms with Gasteiger partial charge in [-0.25, -0.2) is 21.1 Å². The normalized spacial score (nSPS) is 32.1. The number of rotatable bonds is 4. The topological polar surface area (TPSA) is 83.6 Å². The fraction of sp³-hybridized carbons (Fsp3) is 1.00. The fourth-order valence-corrected chi connectivity index (χ4v) is 6.09. The van der Waals surface area contributed by atoms with Gasteiger partial charge in [-0.1, -0.05) is 0 Å². The average Bonchev–Trinajstić information content (AvgIpc) is 2.86. The molecule has 0 spiro atoms. The molecule has 0 radical (unpaired) electrons. The van der Waals surface area contributed by atoms with E-state index >= 15 is 0 Å². The summed E-state index contributed by atoms with van der Waals surface area (Å²) in [5.74, 6) is 0.125. The molecule has 2 aliphatic rings. The van der Waals surface area contributed by atoms with E-state index in [0.717, 1.165) is 19.4 Å². The van der Waals surface area contributed by atoms with Gasteiger partial charge in [-0.15, -0.1) is 0 Å². The molecule has 2 atom stereocenters. The van der Waals surface area contributed by atoms with Crippen LogP contribution in [0.4, 0.5) is 0 Å². The van der Waals surface area contributed by atoms with Crippen LogP contribution in [0.15, 0.2) is 0 Å². The molecule has 8 heteroatoms. The molecule has 2 unspecified atom stereocenters. The Kier molecular flexibility index (Phi) is 4.01. The monoisotopic (exact) mass is 296 g/mol. The largest absolute Gasteiger partial charge is 0.313 e. The zero-order valence-electron chi connectivity index (χ0n) is 10.5. The molecule has 0 saturated carbocycles. The molecule has 0 aromatic heterocycles. The lowest BCUT2D eigenvalue weighted by Gasteiger charge is -2.24. The van der Waals surface area contributed by atoms with Gasteiger partial charge in [0.1, 0.15) is 0 Å². The van der Waals surface area contributed by atoms with Crippen LogP contribution in [0.5, 0.6) is 0 Å². The van der Waals surface area contributed by atoms with Crippen molar-refractivity contribution in [3.8, 4) is 0 Å². The first-order valence-electron chi connectivity index (χ1n) is 6.20. The van der Waals surface area contributed by atoms with Gasteiger partial charge in [0.25, 0.3) is 0 Å². The quantitative estimate of drug-likeness (QED) is 0.733. The third kappa shape index (κ3) is 3.23. The van der Waals surface area contributed by atoms with Crippen molar-refractivity contribution in [3.63, 3.8) is 0 Å². The summed E-state index contributed by atoms with van der Waals surface area (Å²) in [6.45, 7) is 0.863. The van der Waals surface area contributed by atoms with E-state index in [1.165, 1.54) is 11.4 Å². The van der Waals surface area contributed by atoms with Crippen molar-refractivity contribution in [1.82, 2.24) is 9.62 Å². The van der Waals surface area contributed by atoms with Gasteiger partial charge in [-0.3, -0.25) is 0 Å². The van der Waals surface area contributed by atoms with Crippen LogP contribution in [0.25, 0.3) is 0 Å². The van der Waals surface area contributed by atoms with Gasteiger partial charge in [0, 0.05) is 19.1 Å². The maximum Gasteiger partial charge on any atom is 0.215 e. The first kappa shape index (κ1) is 14.2. The molecule has 2 fully saturated rings. The Labute approximate surface area is 109 Å². The van der Waals surface area contributed by atoms with Gasteiger partial charge < -0.3 is 5.32 Å². The van der Waals surface area contributed by atoms with Crippen LogP contribution in [0.3, 0.4) is 0 Å². The molecular formula is C10H20N2O4S2. The van der Waals surface area contributed by atoms with Crippen molar-refractivity contribution in [2.75, 3.05) is 30.9 Å².